The summed E-state index contributed by atoms with van der Waals surface area (Å²) in [4.78, 5) is 14.7. The van der Waals surface area contributed by atoms with Crippen LogP contribution >= 0.6 is 0 Å². The number of nitrogens with zero attached hydrogens (tertiary/aromatic N) is 2. The quantitative estimate of drug-likeness (QED) is 0.830. The van der Waals surface area contributed by atoms with Crippen molar-refractivity contribution >= 4 is 11.5 Å². The predicted molar refractivity (Wildman–Crippen MR) is 55.9 cm³/mol. The smallest absolute Gasteiger partial charge is 0.304 e. The van der Waals surface area contributed by atoms with Crippen molar-refractivity contribution in [1.29, 1.82) is 0 Å². The number of pyridine rings is 1. The van der Waals surface area contributed by atoms with Gasteiger partial charge >= 0.3 is 5.97 Å². The fourth-order valence-electron chi connectivity index (χ4n) is 1.74. The van der Waals surface area contributed by atoms with Gasteiger partial charge in [0.1, 0.15) is 0 Å². The van der Waals surface area contributed by atoms with Gasteiger partial charge in [0, 0.05) is 11.6 Å². The Bertz CT molecular complexity index is 490. The van der Waals surface area contributed by atoms with Crippen LogP contribution in [0.1, 0.15) is 25.0 Å². The zero-order valence-corrected chi connectivity index (χ0v) is 8.42. The zero-order chi connectivity index (χ0) is 10.8. The topological polar surface area (TPSA) is 54.6 Å². The molecule has 0 aromatic carbocycles. The van der Waals surface area contributed by atoms with Gasteiger partial charge in [-0.25, -0.2) is 4.98 Å². The Morgan fingerprint density at radius 2 is 2.40 bits per heavy atom. The summed E-state index contributed by atoms with van der Waals surface area (Å²) in [5, 5.41) is 8.74. The normalized spacial score (nSPS) is 12.9. The Balaban J connectivity index is 2.42. The van der Waals surface area contributed by atoms with E-state index in [1.54, 1.807) is 12.5 Å². The molecule has 2 aromatic heterocycles. The molecule has 2 rings (SSSR count). The minimum atomic E-state index is -0.778. The van der Waals surface area contributed by atoms with Crippen LogP contribution in [-0.4, -0.2) is 20.5 Å². The first-order valence-corrected chi connectivity index (χ1v) is 4.81. The Morgan fingerprint density at radius 3 is 3.13 bits per heavy atom. The van der Waals surface area contributed by atoms with Gasteiger partial charge in [0.05, 0.1) is 24.5 Å². The number of carboxylic acid groups (broad SMARTS) is 1. The van der Waals surface area contributed by atoms with Gasteiger partial charge in [-0.3, -0.25) is 4.79 Å². The third-order valence-electron chi connectivity index (χ3n) is 2.46. The van der Waals surface area contributed by atoms with Crippen molar-refractivity contribution in [3.8, 4) is 0 Å². The summed E-state index contributed by atoms with van der Waals surface area (Å²) in [6.45, 7) is 1.91. The van der Waals surface area contributed by atoms with Crippen LogP contribution in [0.3, 0.4) is 0 Å². The summed E-state index contributed by atoms with van der Waals surface area (Å²) in [5.74, 6) is -0.792. The Labute approximate surface area is 87.2 Å². The number of carbonyl (C=O) groups is 1. The standard InChI is InChI=1S/C11H12N2O2/c1-8(5-11(14)15)10-4-2-3-9-6-12-7-13(9)10/h2-4,6-8H,5H2,1H3,(H,14,15). The van der Waals surface area contributed by atoms with E-state index in [4.69, 9.17) is 5.11 Å². The summed E-state index contributed by atoms with van der Waals surface area (Å²) >= 11 is 0. The summed E-state index contributed by atoms with van der Waals surface area (Å²) in [5.41, 5.74) is 1.97. The van der Waals surface area contributed by atoms with Gasteiger partial charge in [0.15, 0.2) is 0 Å². The number of imidazole rings is 1. The van der Waals surface area contributed by atoms with Crippen LogP contribution in [0.25, 0.3) is 5.52 Å². The molecule has 0 aliphatic carbocycles. The average molecular weight is 204 g/mol. The lowest BCUT2D eigenvalue weighted by molar-refractivity contribution is -0.137. The highest BCUT2D eigenvalue weighted by Crippen LogP contribution is 2.20. The first kappa shape index (κ1) is 9.71. The first-order chi connectivity index (χ1) is 7.18. The molecule has 15 heavy (non-hydrogen) atoms. The molecule has 1 atom stereocenters. The van der Waals surface area contributed by atoms with Gasteiger partial charge in [-0.2, -0.15) is 0 Å². The van der Waals surface area contributed by atoms with Crippen LogP contribution in [0, 0.1) is 0 Å². The Hall–Kier alpha value is -1.84. The van der Waals surface area contributed by atoms with Crippen molar-refractivity contribution < 1.29 is 9.90 Å². The maximum Gasteiger partial charge on any atom is 0.304 e. The molecule has 0 radical (unpaired) electrons. The number of fused-ring (bicyclic) bond motifs is 1. The van der Waals surface area contributed by atoms with Crippen molar-refractivity contribution in [3.63, 3.8) is 0 Å². The molecule has 0 amide bonds. The highest BCUT2D eigenvalue weighted by molar-refractivity contribution is 5.68. The average Bonchev–Trinajstić information content (AvgIpc) is 2.63. The second kappa shape index (κ2) is 3.73. The molecule has 78 valence electrons. The van der Waals surface area contributed by atoms with Crippen molar-refractivity contribution in [2.24, 2.45) is 0 Å². The van der Waals surface area contributed by atoms with Crippen LogP contribution in [0.5, 0.6) is 0 Å². The van der Waals surface area contributed by atoms with Gasteiger partial charge in [0.2, 0.25) is 0 Å². The molecule has 0 fully saturated rings. The molecule has 0 spiro atoms. The molecule has 0 saturated heterocycles. The van der Waals surface area contributed by atoms with Gasteiger partial charge < -0.3 is 9.51 Å². The summed E-state index contributed by atoms with van der Waals surface area (Å²) in [6, 6.07) is 5.80. The van der Waals surface area contributed by atoms with Crippen LogP contribution in [0.2, 0.25) is 0 Å². The highest BCUT2D eigenvalue weighted by atomic mass is 16.4. The summed E-state index contributed by atoms with van der Waals surface area (Å²) in [6.07, 6.45) is 3.61. The molecule has 4 nitrogen and oxygen atoms in total. The van der Waals surface area contributed by atoms with Crippen molar-refractivity contribution in [1.82, 2.24) is 9.38 Å². The first-order valence-electron chi connectivity index (χ1n) is 4.81. The largest absolute Gasteiger partial charge is 0.481 e. The van der Waals surface area contributed by atoms with Crippen molar-refractivity contribution in [3.05, 3.63) is 36.4 Å². The number of carboxylic acids is 1. The van der Waals surface area contributed by atoms with Crippen LogP contribution in [0.15, 0.2) is 30.7 Å². The fourth-order valence-corrected chi connectivity index (χ4v) is 1.74. The van der Waals surface area contributed by atoms with Crippen LogP contribution < -0.4 is 0 Å². The number of hydrogen-bond acceptors (Lipinski definition) is 2. The number of aromatic nitrogens is 2. The molecular weight excluding hydrogens is 192 g/mol. The maximum atomic E-state index is 10.6. The van der Waals surface area contributed by atoms with E-state index in [-0.39, 0.29) is 12.3 Å². The van der Waals surface area contributed by atoms with E-state index in [1.165, 1.54) is 0 Å². The maximum absolute atomic E-state index is 10.6. The molecule has 1 N–H and O–H groups in total. The highest BCUT2D eigenvalue weighted by Gasteiger charge is 2.12. The summed E-state index contributed by atoms with van der Waals surface area (Å²) in [7, 11) is 0. The molecular formula is C11H12N2O2. The molecule has 0 aliphatic heterocycles. The van der Waals surface area contributed by atoms with E-state index in [0.717, 1.165) is 11.2 Å². The molecule has 0 aliphatic rings. The second-order valence-electron chi connectivity index (χ2n) is 3.64. The molecule has 0 bridgehead atoms. The zero-order valence-electron chi connectivity index (χ0n) is 8.42. The third kappa shape index (κ3) is 1.83. The van der Waals surface area contributed by atoms with Gasteiger partial charge in [0.25, 0.3) is 0 Å². The van der Waals surface area contributed by atoms with Crippen molar-refractivity contribution in [2.75, 3.05) is 0 Å². The molecule has 0 saturated carbocycles. The molecule has 4 heteroatoms. The molecule has 2 heterocycles. The fraction of sp³-hybridized carbons (Fsp3) is 0.273. The summed E-state index contributed by atoms with van der Waals surface area (Å²) < 4.78 is 1.92. The van der Waals surface area contributed by atoms with Crippen LogP contribution in [0.4, 0.5) is 0 Å². The lowest BCUT2D eigenvalue weighted by atomic mass is 10.0. The second-order valence-corrected chi connectivity index (χ2v) is 3.64. The van der Waals surface area contributed by atoms with Gasteiger partial charge in [-0.05, 0) is 12.1 Å². The van der Waals surface area contributed by atoms with E-state index >= 15 is 0 Å². The number of aliphatic carboxylic acids is 1. The monoisotopic (exact) mass is 204 g/mol. The van der Waals surface area contributed by atoms with Gasteiger partial charge in [-0.1, -0.05) is 13.0 Å². The van der Waals surface area contributed by atoms with Gasteiger partial charge in [-0.15, -0.1) is 0 Å². The molecule has 1 unspecified atom stereocenters. The SMILES string of the molecule is CC(CC(=O)O)c1cccc2cncn12. The van der Waals surface area contributed by atoms with E-state index in [0.29, 0.717) is 0 Å². The van der Waals surface area contributed by atoms with E-state index in [2.05, 4.69) is 4.98 Å². The van der Waals surface area contributed by atoms with Crippen LogP contribution in [-0.2, 0) is 4.79 Å². The lowest BCUT2D eigenvalue weighted by Gasteiger charge is -2.11. The number of hydrogen-bond donors (Lipinski definition) is 1. The third-order valence-corrected chi connectivity index (χ3v) is 2.46. The minimum Gasteiger partial charge on any atom is -0.481 e. The minimum absolute atomic E-state index is 0.0135. The van der Waals surface area contributed by atoms with E-state index in [9.17, 15) is 4.79 Å². The predicted octanol–water partition coefficient (Wildman–Crippen LogP) is 1.91. The van der Waals surface area contributed by atoms with E-state index in [1.807, 2.05) is 29.5 Å². The van der Waals surface area contributed by atoms with E-state index < -0.39 is 5.97 Å². The Kier molecular flexibility index (Phi) is 2.41. The molecule has 2 aromatic rings. The lowest BCUT2D eigenvalue weighted by Crippen LogP contribution is -2.06. The van der Waals surface area contributed by atoms with Crippen molar-refractivity contribution in [2.45, 2.75) is 19.3 Å². The Morgan fingerprint density at radius 1 is 1.60 bits per heavy atom. The number of rotatable bonds is 3.